The van der Waals surface area contributed by atoms with E-state index >= 15 is 0 Å². The average molecular weight is 218 g/mol. The summed E-state index contributed by atoms with van der Waals surface area (Å²) < 4.78 is 0.992. The lowest BCUT2D eigenvalue weighted by Gasteiger charge is -2.03. The van der Waals surface area contributed by atoms with Gasteiger partial charge >= 0.3 is 11.4 Å². The number of benzene rings is 1. The van der Waals surface area contributed by atoms with Crippen molar-refractivity contribution in [1.29, 1.82) is 0 Å². The van der Waals surface area contributed by atoms with E-state index in [0.29, 0.717) is 0 Å². The number of anilines is 1. The van der Waals surface area contributed by atoms with Crippen LogP contribution >= 0.6 is 0 Å². The first-order valence-corrected chi connectivity index (χ1v) is 4.67. The molecule has 0 atom stereocenters. The summed E-state index contributed by atoms with van der Waals surface area (Å²) in [5.74, 6) is -0.167. The number of nitrogens with one attached hydrogen (secondary N) is 1. The van der Waals surface area contributed by atoms with Crippen molar-refractivity contribution >= 4 is 5.95 Å². The number of hydrogen-bond donors (Lipinski definition) is 2. The molecule has 0 spiro atoms. The summed E-state index contributed by atoms with van der Waals surface area (Å²) in [6.07, 6.45) is 0. The number of aromatic nitrogens is 3. The van der Waals surface area contributed by atoms with E-state index in [-0.39, 0.29) is 12.5 Å². The minimum absolute atomic E-state index is 0.167. The van der Waals surface area contributed by atoms with Gasteiger partial charge in [0.15, 0.2) is 0 Å². The molecule has 6 heteroatoms. The zero-order valence-corrected chi connectivity index (χ0v) is 8.38. The molecule has 2 rings (SSSR count). The Morgan fingerprint density at radius 3 is 2.56 bits per heavy atom. The Morgan fingerprint density at radius 2 is 1.94 bits per heavy atom. The molecular formula is C10H10N4O2. The molecule has 0 saturated carbocycles. The summed E-state index contributed by atoms with van der Waals surface area (Å²) in [5, 5.41) is 0. The smallest absolute Gasteiger partial charge is 0.355 e. The highest BCUT2D eigenvalue weighted by Gasteiger charge is 2.04. The molecule has 0 aliphatic carbocycles. The molecule has 3 N–H and O–H groups in total. The highest BCUT2D eigenvalue weighted by molar-refractivity contribution is 5.15. The molecule has 0 radical (unpaired) electrons. The van der Waals surface area contributed by atoms with Gasteiger partial charge in [-0.3, -0.25) is 4.98 Å². The van der Waals surface area contributed by atoms with Gasteiger partial charge in [0.05, 0.1) is 6.54 Å². The lowest BCUT2D eigenvalue weighted by molar-refractivity contribution is 0.669. The minimum atomic E-state index is -0.648. The van der Waals surface area contributed by atoms with Crippen LogP contribution in [0.1, 0.15) is 5.56 Å². The van der Waals surface area contributed by atoms with Crippen molar-refractivity contribution in [2.75, 3.05) is 5.73 Å². The molecule has 0 aliphatic rings. The molecule has 2 aromatic rings. The van der Waals surface area contributed by atoms with E-state index in [2.05, 4.69) is 9.97 Å². The molecule has 0 unspecified atom stereocenters. The molecular weight excluding hydrogens is 208 g/mol. The molecule has 82 valence electrons. The highest BCUT2D eigenvalue weighted by atomic mass is 16.2. The lowest BCUT2D eigenvalue weighted by atomic mass is 10.2. The number of hydrogen-bond acceptors (Lipinski definition) is 4. The molecule has 1 aromatic carbocycles. The van der Waals surface area contributed by atoms with Gasteiger partial charge in [0.25, 0.3) is 0 Å². The van der Waals surface area contributed by atoms with E-state index in [1.54, 1.807) is 0 Å². The van der Waals surface area contributed by atoms with Gasteiger partial charge in [0.2, 0.25) is 5.95 Å². The number of nitrogen functional groups attached to an aromatic ring is 1. The SMILES string of the molecule is Nc1nc(=O)n(Cc2ccccc2)c(=O)[nH]1. The van der Waals surface area contributed by atoms with E-state index in [1.165, 1.54) is 0 Å². The van der Waals surface area contributed by atoms with Gasteiger partial charge in [0, 0.05) is 0 Å². The predicted octanol–water partition coefficient (Wildman–Crippen LogP) is -0.438. The van der Waals surface area contributed by atoms with Crippen molar-refractivity contribution in [3.8, 4) is 0 Å². The van der Waals surface area contributed by atoms with Gasteiger partial charge in [-0.2, -0.15) is 4.98 Å². The Kier molecular flexibility index (Phi) is 2.55. The molecule has 1 aromatic heterocycles. The Balaban J connectivity index is 2.44. The van der Waals surface area contributed by atoms with Crippen LogP contribution in [-0.4, -0.2) is 14.5 Å². The summed E-state index contributed by atoms with van der Waals surface area (Å²) in [5.41, 5.74) is 4.89. The first-order chi connectivity index (χ1) is 7.66. The quantitative estimate of drug-likeness (QED) is 0.714. The molecule has 0 amide bonds. The Bertz CT molecular complexity index is 569. The van der Waals surface area contributed by atoms with Crippen LogP contribution in [0.25, 0.3) is 0 Å². The maximum absolute atomic E-state index is 11.5. The molecule has 0 bridgehead atoms. The van der Waals surface area contributed by atoms with Gasteiger partial charge in [-0.15, -0.1) is 0 Å². The summed E-state index contributed by atoms with van der Waals surface area (Å²) in [7, 11) is 0. The summed E-state index contributed by atoms with van der Waals surface area (Å²) in [6.45, 7) is 0.183. The number of aromatic amines is 1. The maximum atomic E-state index is 11.5. The molecule has 16 heavy (non-hydrogen) atoms. The van der Waals surface area contributed by atoms with Crippen LogP contribution in [0, 0.1) is 0 Å². The van der Waals surface area contributed by atoms with Gasteiger partial charge in [-0.25, -0.2) is 14.2 Å². The second kappa shape index (κ2) is 4.01. The van der Waals surface area contributed by atoms with Crippen molar-refractivity contribution in [2.45, 2.75) is 6.54 Å². The number of nitrogens with zero attached hydrogens (tertiary/aromatic N) is 2. The molecule has 0 aliphatic heterocycles. The van der Waals surface area contributed by atoms with E-state index in [9.17, 15) is 9.59 Å². The third kappa shape index (κ3) is 2.00. The Labute approximate surface area is 90.4 Å². The Hall–Kier alpha value is -2.37. The first-order valence-electron chi connectivity index (χ1n) is 4.67. The summed E-state index contributed by atoms with van der Waals surface area (Å²) in [6, 6.07) is 9.17. The molecule has 6 nitrogen and oxygen atoms in total. The number of H-pyrrole nitrogens is 1. The Morgan fingerprint density at radius 1 is 1.25 bits per heavy atom. The average Bonchev–Trinajstić information content (AvgIpc) is 2.25. The van der Waals surface area contributed by atoms with Crippen LogP contribution in [0.15, 0.2) is 39.9 Å². The molecule has 1 heterocycles. The third-order valence-corrected chi connectivity index (χ3v) is 2.11. The van der Waals surface area contributed by atoms with Crippen molar-refractivity contribution in [3.05, 3.63) is 56.9 Å². The maximum Gasteiger partial charge on any atom is 0.355 e. The van der Waals surface area contributed by atoms with Crippen LogP contribution < -0.4 is 17.1 Å². The summed E-state index contributed by atoms with van der Waals surface area (Å²) in [4.78, 5) is 28.6. The third-order valence-electron chi connectivity index (χ3n) is 2.11. The molecule has 0 saturated heterocycles. The van der Waals surface area contributed by atoms with Crippen LogP contribution in [0.2, 0.25) is 0 Å². The van der Waals surface area contributed by atoms with Gasteiger partial charge < -0.3 is 5.73 Å². The van der Waals surface area contributed by atoms with Crippen molar-refractivity contribution in [3.63, 3.8) is 0 Å². The van der Waals surface area contributed by atoms with Crippen LogP contribution in [0.5, 0.6) is 0 Å². The highest BCUT2D eigenvalue weighted by Crippen LogP contribution is 1.98. The minimum Gasteiger partial charge on any atom is -0.369 e. The standard InChI is InChI=1S/C10H10N4O2/c11-8-12-9(15)14(10(16)13-8)6-7-4-2-1-3-5-7/h1-5H,6H2,(H3,11,12,13,15,16). The topological polar surface area (TPSA) is 93.8 Å². The lowest BCUT2D eigenvalue weighted by Crippen LogP contribution is -2.37. The first kappa shape index (κ1) is 10.2. The second-order valence-electron chi connectivity index (χ2n) is 3.28. The van der Waals surface area contributed by atoms with E-state index in [0.717, 1.165) is 10.1 Å². The fraction of sp³-hybridized carbons (Fsp3) is 0.100. The fourth-order valence-corrected chi connectivity index (χ4v) is 1.36. The van der Waals surface area contributed by atoms with Gasteiger partial charge in [-0.05, 0) is 5.56 Å². The van der Waals surface area contributed by atoms with Gasteiger partial charge in [-0.1, -0.05) is 30.3 Å². The number of nitrogens with two attached hydrogens (primary N) is 1. The van der Waals surface area contributed by atoms with E-state index in [4.69, 9.17) is 5.73 Å². The largest absolute Gasteiger partial charge is 0.369 e. The fourth-order valence-electron chi connectivity index (χ4n) is 1.36. The monoisotopic (exact) mass is 218 g/mol. The zero-order valence-electron chi connectivity index (χ0n) is 8.38. The van der Waals surface area contributed by atoms with Crippen molar-refractivity contribution < 1.29 is 0 Å². The van der Waals surface area contributed by atoms with Crippen LogP contribution in [0.4, 0.5) is 5.95 Å². The normalized spacial score (nSPS) is 10.2. The van der Waals surface area contributed by atoms with Crippen LogP contribution in [-0.2, 0) is 6.54 Å². The van der Waals surface area contributed by atoms with Crippen LogP contribution in [0.3, 0.4) is 0 Å². The van der Waals surface area contributed by atoms with Gasteiger partial charge in [0.1, 0.15) is 0 Å². The van der Waals surface area contributed by atoms with E-state index < -0.39 is 11.4 Å². The summed E-state index contributed by atoms with van der Waals surface area (Å²) >= 11 is 0. The number of rotatable bonds is 2. The zero-order chi connectivity index (χ0) is 11.5. The molecule has 0 fully saturated rings. The van der Waals surface area contributed by atoms with Crippen molar-refractivity contribution in [1.82, 2.24) is 14.5 Å². The predicted molar refractivity (Wildman–Crippen MR) is 59.1 cm³/mol. The van der Waals surface area contributed by atoms with E-state index in [1.807, 2.05) is 30.3 Å². The van der Waals surface area contributed by atoms with Crippen molar-refractivity contribution in [2.24, 2.45) is 0 Å². The second-order valence-corrected chi connectivity index (χ2v) is 3.28.